The van der Waals surface area contributed by atoms with Gasteiger partial charge in [0, 0.05) is 23.5 Å². The van der Waals surface area contributed by atoms with Crippen molar-refractivity contribution in [2.24, 2.45) is 0 Å². The predicted molar refractivity (Wildman–Crippen MR) is 93.2 cm³/mol. The van der Waals surface area contributed by atoms with Crippen molar-refractivity contribution in [1.29, 1.82) is 0 Å². The number of hydrogen-bond donors (Lipinski definition) is 0. The minimum atomic E-state index is -0.136. The molecule has 24 heavy (non-hydrogen) atoms. The van der Waals surface area contributed by atoms with E-state index in [4.69, 9.17) is 4.74 Å². The Labute approximate surface area is 143 Å². The highest BCUT2D eigenvalue weighted by molar-refractivity contribution is 7.09. The Morgan fingerprint density at radius 3 is 3.04 bits per heavy atom. The number of ether oxygens (including phenoxy) is 1. The molecule has 1 aromatic carbocycles. The van der Waals surface area contributed by atoms with Crippen LogP contribution in [-0.2, 0) is 4.74 Å². The molecule has 1 fully saturated rings. The van der Waals surface area contributed by atoms with Crippen molar-refractivity contribution in [1.82, 2.24) is 14.9 Å². The predicted octanol–water partition coefficient (Wildman–Crippen LogP) is 3.21. The number of carbonyl (C=O) groups excluding carboxylic acids is 1. The van der Waals surface area contributed by atoms with Gasteiger partial charge in [0.25, 0.3) is 5.91 Å². The van der Waals surface area contributed by atoms with E-state index in [-0.39, 0.29) is 11.9 Å². The van der Waals surface area contributed by atoms with E-state index in [1.165, 1.54) is 0 Å². The van der Waals surface area contributed by atoms with Crippen LogP contribution in [0.15, 0.2) is 41.9 Å². The fourth-order valence-electron chi connectivity index (χ4n) is 3.06. The number of nitrogens with zero attached hydrogens (tertiary/aromatic N) is 3. The number of thiazole rings is 1. The molecule has 0 bridgehead atoms. The van der Waals surface area contributed by atoms with Crippen molar-refractivity contribution in [3.8, 4) is 0 Å². The molecule has 3 aromatic rings. The highest BCUT2D eigenvalue weighted by atomic mass is 32.1. The van der Waals surface area contributed by atoms with Crippen LogP contribution in [0.2, 0.25) is 0 Å². The van der Waals surface area contributed by atoms with E-state index in [0.29, 0.717) is 25.3 Å². The summed E-state index contributed by atoms with van der Waals surface area (Å²) in [5, 5.41) is 3.89. The third kappa shape index (κ3) is 2.68. The zero-order valence-corrected chi connectivity index (χ0v) is 14.1. The lowest BCUT2D eigenvalue weighted by Crippen LogP contribution is -2.43. The normalized spacial score (nSPS) is 18.0. The number of fused-ring (bicyclic) bond motifs is 1. The first-order valence-corrected chi connectivity index (χ1v) is 8.76. The van der Waals surface area contributed by atoms with Gasteiger partial charge in [0.1, 0.15) is 0 Å². The van der Waals surface area contributed by atoms with Gasteiger partial charge in [0.05, 0.1) is 41.0 Å². The van der Waals surface area contributed by atoms with Crippen LogP contribution in [0, 0.1) is 6.92 Å². The summed E-state index contributed by atoms with van der Waals surface area (Å²) >= 11 is 1.60. The molecular formula is C18H17N3O2S. The first kappa shape index (κ1) is 15.2. The van der Waals surface area contributed by atoms with Gasteiger partial charge in [-0.1, -0.05) is 18.2 Å². The maximum atomic E-state index is 13.2. The molecule has 2 aromatic heterocycles. The van der Waals surface area contributed by atoms with Gasteiger partial charge >= 0.3 is 0 Å². The third-order valence-corrected chi connectivity index (χ3v) is 5.04. The molecule has 3 heterocycles. The summed E-state index contributed by atoms with van der Waals surface area (Å²) in [5.74, 6) is 0.00699. The Bertz CT molecular complexity index is 887. The van der Waals surface area contributed by atoms with E-state index in [1.54, 1.807) is 23.6 Å². The molecule has 1 amide bonds. The number of pyridine rings is 1. The summed E-state index contributed by atoms with van der Waals surface area (Å²) in [5.41, 5.74) is 2.42. The Hall–Kier alpha value is -2.31. The molecule has 0 saturated carbocycles. The van der Waals surface area contributed by atoms with Gasteiger partial charge in [0.2, 0.25) is 0 Å². The Morgan fingerprint density at radius 1 is 1.33 bits per heavy atom. The standard InChI is InChI=1S/C18H17N3O2S/c1-12-20-16(11-24-12)17-10-23-9-8-21(17)18(22)14-6-7-19-15-5-3-2-4-13(14)15/h2-7,11,17H,8-10H2,1H3/t17-/m1/s1. The molecule has 0 unspecified atom stereocenters. The first-order chi connectivity index (χ1) is 11.7. The topological polar surface area (TPSA) is 55.3 Å². The highest BCUT2D eigenvalue weighted by Crippen LogP contribution is 2.28. The number of carbonyl (C=O) groups is 1. The number of morpholine rings is 1. The van der Waals surface area contributed by atoms with Gasteiger partial charge < -0.3 is 9.64 Å². The smallest absolute Gasteiger partial charge is 0.255 e. The second kappa shape index (κ2) is 6.30. The molecule has 122 valence electrons. The molecule has 6 heteroatoms. The second-order valence-electron chi connectivity index (χ2n) is 5.76. The minimum absolute atomic E-state index is 0.00699. The van der Waals surface area contributed by atoms with Gasteiger partial charge in [0.15, 0.2) is 0 Å². The van der Waals surface area contributed by atoms with Crippen LogP contribution in [0.25, 0.3) is 10.9 Å². The van der Waals surface area contributed by atoms with Crippen LogP contribution in [0.1, 0.15) is 27.1 Å². The van der Waals surface area contributed by atoms with Gasteiger partial charge in [-0.3, -0.25) is 9.78 Å². The highest BCUT2D eigenvalue weighted by Gasteiger charge is 2.31. The molecule has 5 nitrogen and oxygen atoms in total. The molecule has 0 aliphatic carbocycles. The number of amides is 1. The number of para-hydroxylation sites is 1. The van der Waals surface area contributed by atoms with Crippen molar-refractivity contribution < 1.29 is 9.53 Å². The van der Waals surface area contributed by atoms with Crippen LogP contribution in [0.5, 0.6) is 0 Å². The fourth-order valence-corrected chi connectivity index (χ4v) is 3.72. The van der Waals surface area contributed by atoms with Crippen LogP contribution in [0.4, 0.5) is 0 Å². The van der Waals surface area contributed by atoms with Crippen molar-refractivity contribution in [3.05, 3.63) is 58.2 Å². The quantitative estimate of drug-likeness (QED) is 0.719. The molecule has 1 aliphatic heterocycles. The number of rotatable bonds is 2. The summed E-state index contributed by atoms with van der Waals surface area (Å²) in [6.45, 7) is 3.57. The largest absolute Gasteiger partial charge is 0.377 e. The number of benzene rings is 1. The van der Waals surface area contributed by atoms with E-state index in [9.17, 15) is 4.79 Å². The number of aromatic nitrogens is 2. The van der Waals surface area contributed by atoms with Crippen LogP contribution < -0.4 is 0 Å². The molecular weight excluding hydrogens is 322 g/mol. The van der Waals surface area contributed by atoms with E-state index in [0.717, 1.165) is 21.6 Å². The third-order valence-electron chi connectivity index (χ3n) is 4.25. The second-order valence-corrected chi connectivity index (χ2v) is 6.82. The molecule has 0 spiro atoms. The minimum Gasteiger partial charge on any atom is -0.377 e. The molecule has 0 N–H and O–H groups in total. The Balaban J connectivity index is 1.73. The van der Waals surface area contributed by atoms with Gasteiger partial charge in [-0.15, -0.1) is 11.3 Å². The van der Waals surface area contributed by atoms with Crippen LogP contribution in [-0.4, -0.2) is 40.5 Å². The maximum Gasteiger partial charge on any atom is 0.255 e. The number of aryl methyl sites for hydroxylation is 1. The van der Waals surface area contributed by atoms with Gasteiger partial charge in [-0.2, -0.15) is 0 Å². The lowest BCUT2D eigenvalue weighted by Gasteiger charge is -2.35. The van der Waals surface area contributed by atoms with Crippen LogP contribution >= 0.6 is 11.3 Å². The molecule has 1 saturated heterocycles. The summed E-state index contributed by atoms with van der Waals surface area (Å²) in [6.07, 6.45) is 1.69. The molecule has 0 radical (unpaired) electrons. The summed E-state index contributed by atoms with van der Waals surface area (Å²) in [6, 6.07) is 9.39. The fraction of sp³-hybridized carbons (Fsp3) is 0.278. The van der Waals surface area contributed by atoms with Crippen molar-refractivity contribution >= 4 is 28.1 Å². The van der Waals surface area contributed by atoms with Crippen molar-refractivity contribution in [2.45, 2.75) is 13.0 Å². The maximum absolute atomic E-state index is 13.2. The monoisotopic (exact) mass is 339 g/mol. The lowest BCUT2D eigenvalue weighted by molar-refractivity contribution is -0.00365. The lowest BCUT2D eigenvalue weighted by atomic mass is 10.1. The first-order valence-electron chi connectivity index (χ1n) is 7.88. The van der Waals surface area contributed by atoms with Crippen molar-refractivity contribution in [2.75, 3.05) is 19.8 Å². The van der Waals surface area contributed by atoms with Crippen LogP contribution in [0.3, 0.4) is 0 Å². The molecule has 1 atom stereocenters. The Kier molecular flexibility index (Phi) is 4.00. The molecule has 1 aliphatic rings. The van der Waals surface area contributed by atoms with Crippen molar-refractivity contribution in [3.63, 3.8) is 0 Å². The average molecular weight is 339 g/mol. The van der Waals surface area contributed by atoms with E-state index in [2.05, 4.69) is 9.97 Å². The zero-order chi connectivity index (χ0) is 16.5. The van der Waals surface area contributed by atoms with Gasteiger partial charge in [-0.25, -0.2) is 4.98 Å². The SMILES string of the molecule is Cc1nc([C@H]2COCCN2C(=O)c2ccnc3ccccc23)cs1. The zero-order valence-electron chi connectivity index (χ0n) is 13.3. The Morgan fingerprint density at radius 2 is 2.21 bits per heavy atom. The summed E-state index contributed by atoms with van der Waals surface area (Å²) < 4.78 is 5.61. The molecule has 4 rings (SSSR count). The summed E-state index contributed by atoms with van der Waals surface area (Å²) in [7, 11) is 0. The van der Waals surface area contributed by atoms with E-state index >= 15 is 0 Å². The number of hydrogen-bond acceptors (Lipinski definition) is 5. The average Bonchev–Trinajstić information content (AvgIpc) is 3.07. The van der Waals surface area contributed by atoms with E-state index in [1.807, 2.05) is 41.5 Å². The van der Waals surface area contributed by atoms with Gasteiger partial charge in [-0.05, 0) is 19.1 Å². The van der Waals surface area contributed by atoms with E-state index < -0.39 is 0 Å². The summed E-state index contributed by atoms with van der Waals surface area (Å²) in [4.78, 5) is 24.0.